The van der Waals surface area contributed by atoms with E-state index < -0.39 is 5.54 Å². The van der Waals surface area contributed by atoms with Crippen LogP contribution in [0.3, 0.4) is 0 Å². The normalized spacial score (nSPS) is 32.0. The fraction of sp³-hybridized carbons (Fsp3) is 0.842. The topological polar surface area (TPSA) is 73.0 Å². The number of nitrogens with one attached hydrogen (secondary N) is 1. The molecule has 4 rings (SSSR count). The predicted molar refractivity (Wildman–Crippen MR) is 104 cm³/mol. The molecule has 2 atom stereocenters. The van der Waals surface area contributed by atoms with E-state index in [-0.39, 0.29) is 42.8 Å². The minimum Gasteiger partial charge on any atom is -0.341 e. The molecule has 8 heteroatoms. The molecule has 4 aliphatic rings. The Balaban J connectivity index is 0.00000210. The van der Waals surface area contributed by atoms with Gasteiger partial charge in [-0.05, 0) is 38.5 Å². The standard InChI is InChI=1S/C19H30N4O3.ClH/c1-21(15-10-13-6-7-14(11-15)20-13)16(24)12-23-17(25)19(22(2)18(23)26)8-4-3-5-9-19;/h13-15,20H,3-12H2,1-2H3;1H. The highest BCUT2D eigenvalue weighted by molar-refractivity contribution is 6.08. The molecular weight excluding hydrogens is 368 g/mol. The van der Waals surface area contributed by atoms with Crippen LogP contribution >= 0.6 is 12.4 Å². The highest BCUT2D eigenvalue weighted by atomic mass is 35.5. The number of amides is 4. The number of piperidine rings is 1. The first-order valence-corrected chi connectivity index (χ1v) is 10.0. The number of rotatable bonds is 3. The molecule has 2 unspecified atom stereocenters. The summed E-state index contributed by atoms with van der Waals surface area (Å²) in [6, 6.07) is 0.890. The maximum Gasteiger partial charge on any atom is 0.327 e. The minimum absolute atomic E-state index is 0. The zero-order valence-corrected chi connectivity index (χ0v) is 17.1. The molecule has 152 valence electrons. The van der Waals surface area contributed by atoms with E-state index in [1.807, 2.05) is 7.05 Å². The van der Waals surface area contributed by atoms with E-state index in [0.29, 0.717) is 24.9 Å². The second-order valence-corrected chi connectivity index (χ2v) is 8.59. The SMILES string of the molecule is CN(C(=O)CN1C(=O)N(C)C2(CCCCC2)C1=O)C1CC2CCC(C1)N2.Cl. The highest BCUT2D eigenvalue weighted by Gasteiger charge is 2.56. The number of carbonyl (C=O) groups is 3. The van der Waals surface area contributed by atoms with Crippen LogP contribution in [0.1, 0.15) is 57.8 Å². The first kappa shape index (κ1) is 20.4. The summed E-state index contributed by atoms with van der Waals surface area (Å²) in [6.45, 7) is -0.125. The fourth-order valence-electron chi connectivity index (χ4n) is 5.46. The van der Waals surface area contributed by atoms with Crippen LogP contribution in [0.2, 0.25) is 0 Å². The van der Waals surface area contributed by atoms with Crippen molar-refractivity contribution in [2.75, 3.05) is 20.6 Å². The van der Waals surface area contributed by atoms with Gasteiger partial charge in [0.15, 0.2) is 0 Å². The summed E-state index contributed by atoms with van der Waals surface area (Å²) in [6.07, 6.45) is 8.75. The van der Waals surface area contributed by atoms with Crippen molar-refractivity contribution in [3.8, 4) is 0 Å². The molecule has 3 saturated heterocycles. The van der Waals surface area contributed by atoms with E-state index in [9.17, 15) is 14.4 Å². The van der Waals surface area contributed by atoms with Gasteiger partial charge >= 0.3 is 6.03 Å². The Morgan fingerprint density at radius 2 is 1.74 bits per heavy atom. The molecule has 1 saturated carbocycles. The average Bonchev–Trinajstić information content (AvgIpc) is 3.07. The van der Waals surface area contributed by atoms with Crippen LogP contribution in [0.25, 0.3) is 0 Å². The van der Waals surface area contributed by atoms with Gasteiger partial charge in [-0.3, -0.25) is 14.5 Å². The Bertz CT molecular complexity index is 610. The molecule has 4 amide bonds. The Kier molecular flexibility index (Phi) is 5.73. The lowest BCUT2D eigenvalue weighted by atomic mass is 9.81. The van der Waals surface area contributed by atoms with Crippen molar-refractivity contribution in [1.29, 1.82) is 0 Å². The van der Waals surface area contributed by atoms with Gasteiger partial charge in [-0.25, -0.2) is 4.79 Å². The van der Waals surface area contributed by atoms with Crippen LogP contribution in [0.5, 0.6) is 0 Å². The van der Waals surface area contributed by atoms with Gasteiger partial charge in [-0.1, -0.05) is 19.3 Å². The number of urea groups is 1. The smallest absolute Gasteiger partial charge is 0.327 e. The minimum atomic E-state index is -0.706. The van der Waals surface area contributed by atoms with E-state index in [4.69, 9.17) is 0 Å². The fourth-order valence-corrected chi connectivity index (χ4v) is 5.46. The van der Waals surface area contributed by atoms with Crippen LogP contribution in [0, 0.1) is 0 Å². The summed E-state index contributed by atoms with van der Waals surface area (Å²) in [5, 5.41) is 3.58. The second-order valence-electron chi connectivity index (χ2n) is 8.59. The van der Waals surface area contributed by atoms with Gasteiger partial charge in [-0.2, -0.15) is 0 Å². The molecule has 7 nitrogen and oxygen atoms in total. The van der Waals surface area contributed by atoms with E-state index in [0.717, 1.165) is 32.1 Å². The third-order valence-corrected chi connectivity index (χ3v) is 7.17. The first-order valence-electron chi connectivity index (χ1n) is 10.0. The quantitative estimate of drug-likeness (QED) is 0.735. The molecule has 1 N–H and O–H groups in total. The van der Waals surface area contributed by atoms with Crippen molar-refractivity contribution in [2.45, 2.75) is 81.5 Å². The van der Waals surface area contributed by atoms with Crippen molar-refractivity contribution in [1.82, 2.24) is 20.0 Å². The van der Waals surface area contributed by atoms with E-state index in [1.165, 1.54) is 17.7 Å². The zero-order chi connectivity index (χ0) is 18.5. The maximum absolute atomic E-state index is 13.0. The largest absolute Gasteiger partial charge is 0.341 e. The molecule has 3 heterocycles. The number of carbonyl (C=O) groups excluding carboxylic acids is 3. The molecule has 0 aromatic carbocycles. The van der Waals surface area contributed by atoms with Gasteiger partial charge in [0.2, 0.25) is 5.91 Å². The Labute approximate surface area is 167 Å². The zero-order valence-electron chi connectivity index (χ0n) is 16.3. The maximum atomic E-state index is 13.0. The number of likely N-dealkylation sites (N-methyl/N-ethyl adjacent to an activating group) is 2. The van der Waals surface area contributed by atoms with Gasteiger partial charge < -0.3 is 15.1 Å². The number of halogens is 1. The van der Waals surface area contributed by atoms with Gasteiger partial charge in [0.05, 0.1) is 0 Å². The lowest BCUT2D eigenvalue weighted by molar-refractivity contribution is -0.141. The van der Waals surface area contributed by atoms with Crippen LogP contribution in [0.15, 0.2) is 0 Å². The van der Waals surface area contributed by atoms with Crippen molar-refractivity contribution in [3.05, 3.63) is 0 Å². The van der Waals surface area contributed by atoms with Crippen LogP contribution in [-0.2, 0) is 9.59 Å². The summed E-state index contributed by atoms with van der Waals surface area (Å²) >= 11 is 0. The molecular formula is C19H31ClN4O3. The first-order chi connectivity index (χ1) is 12.4. The molecule has 0 aromatic rings. The van der Waals surface area contributed by atoms with Gasteiger partial charge in [-0.15, -0.1) is 12.4 Å². The molecule has 0 aromatic heterocycles. The van der Waals surface area contributed by atoms with Crippen molar-refractivity contribution >= 4 is 30.3 Å². The van der Waals surface area contributed by atoms with E-state index >= 15 is 0 Å². The Morgan fingerprint density at radius 3 is 2.33 bits per heavy atom. The molecule has 4 fully saturated rings. The molecule has 3 aliphatic heterocycles. The van der Waals surface area contributed by atoms with E-state index in [1.54, 1.807) is 16.8 Å². The third kappa shape index (κ3) is 3.33. The Hall–Kier alpha value is -1.34. The van der Waals surface area contributed by atoms with Crippen molar-refractivity contribution in [3.63, 3.8) is 0 Å². The third-order valence-electron chi connectivity index (χ3n) is 7.17. The number of hydrogen-bond donors (Lipinski definition) is 1. The molecule has 1 spiro atoms. The molecule has 27 heavy (non-hydrogen) atoms. The van der Waals surface area contributed by atoms with E-state index in [2.05, 4.69) is 5.32 Å². The molecule has 2 bridgehead atoms. The number of imide groups is 1. The summed E-state index contributed by atoms with van der Waals surface area (Å²) in [4.78, 5) is 43.1. The Morgan fingerprint density at radius 1 is 1.15 bits per heavy atom. The summed E-state index contributed by atoms with van der Waals surface area (Å²) in [5.74, 6) is -0.295. The number of nitrogens with zero attached hydrogens (tertiary/aromatic N) is 3. The molecule has 1 aliphatic carbocycles. The summed E-state index contributed by atoms with van der Waals surface area (Å²) in [5.41, 5.74) is -0.706. The predicted octanol–water partition coefficient (Wildman–Crippen LogP) is 1.75. The van der Waals surface area contributed by atoms with Crippen molar-refractivity contribution in [2.24, 2.45) is 0 Å². The van der Waals surface area contributed by atoms with Gasteiger partial charge in [0, 0.05) is 32.2 Å². The van der Waals surface area contributed by atoms with Crippen LogP contribution < -0.4 is 5.32 Å². The second kappa shape index (κ2) is 7.59. The number of hydrogen-bond acceptors (Lipinski definition) is 4. The lowest BCUT2D eigenvalue weighted by Crippen LogP contribution is -2.52. The van der Waals surface area contributed by atoms with Crippen LogP contribution in [0.4, 0.5) is 4.79 Å². The average molecular weight is 399 g/mol. The highest BCUT2D eigenvalue weighted by Crippen LogP contribution is 2.39. The van der Waals surface area contributed by atoms with Gasteiger partial charge in [0.25, 0.3) is 5.91 Å². The summed E-state index contributed by atoms with van der Waals surface area (Å²) < 4.78 is 0. The monoisotopic (exact) mass is 398 g/mol. The summed E-state index contributed by atoms with van der Waals surface area (Å²) in [7, 11) is 3.53. The van der Waals surface area contributed by atoms with Crippen molar-refractivity contribution < 1.29 is 14.4 Å². The molecule has 0 radical (unpaired) electrons. The van der Waals surface area contributed by atoms with Gasteiger partial charge in [0.1, 0.15) is 12.1 Å². The number of fused-ring (bicyclic) bond motifs is 2. The van der Waals surface area contributed by atoms with Crippen LogP contribution in [-0.4, -0.2) is 76.8 Å². The lowest BCUT2D eigenvalue weighted by Gasteiger charge is -2.36.